The highest BCUT2D eigenvalue weighted by molar-refractivity contribution is 6.58. The van der Waals surface area contributed by atoms with Crippen LogP contribution in [0, 0.1) is 0 Å². The molecule has 0 atom stereocenters. The predicted molar refractivity (Wildman–Crippen MR) is 69.9 cm³/mol. The van der Waals surface area contributed by atoms with Crippen LogP contribution in [0.25, 0.3) is 0 Å². The van der Waals surface area contributed by atoms with Crippen molar-refractivity contribution in [1.29, 1.82) is 0 Å². The zero-order chi connectivity index (χ0) is 11.1. The molecule has 0 aliphatic heterocycles. The largest absolute Gasteiger partial charge is 0.299 e. The van der Waals surface area contributed by atoms with E-state index in [0.29, 0.717) is 12.1 Å². The van der Waals surface area contributed by atoms with E-state index in [0.717, 1.165) is 0 Å². The molecule has 1 nitrogen and oxygen atoms in total. The van der Waals surface area contributed by atoms with Gasteiger partial charge in [0.15, 0.2) is 0 Å². The number of rotatable bonds is 7. The Morgan fingerprint density at radius 3 is 1.64 bits per heavy atom. The quantitative estimate of drug-likeness (QED) is 0.589. The van der Waals surface area contributed by atoms with E-state index in [1.54, 1.807) is 0 Å². The highest BCUT2D eigenvalue weighted by Crippen LogP contribution is 2.10. The Morgan fingerprint density at radius 2 is 1.36 bits per heavy atom. The van der Waals surface area contributed by atoms with Crippen LogP contribution in [0.15, 0.2) is 0 Å². The highest BCUT2D eigenvalue weighted by Gasteiger charge is 2.15. The van der Waals surface area contributed by atoms with Gasteiger partial charge in [0.25, 0.3) is 0 Å². The van der Waals surface area contributed by atoms with Gasteiger partial charge in [0, 0.05) is 20.9 Å². The minimum absolute atomic E-state index is 0.372. The van der Waals surface area contributed by atoms with Crippen molar-refractivity contribution in [1.82, 2.24) is 4.90 Å². The van der Waals surface area contributed by atoms with Crippen molar-refractivity contribution in [3.05, 3.63) is 0 Å². The second kappa shape index (κ2) is 7.47. The fraction of sp³-hybridized carbons (Fsp3) is 1.00. The summed E-state index contributed by atoms with van der Waals surface area (Å²) in [6.07, 6.45) is 0. The summed E-state index contributed by atoms with van der Waals surface area (Å²) in [7, 11) is -0.372. The highest BCUT2D eigenvalue weighted by atomic mass is 28.3. The maximum Gasteiger partial charge on any atom is 0.0375 e. The van der Waals surface area contributed by atoms with Crippen molar-refractivity contribution in [2.75, 3.05) is 6.54 Å². The monoisotopic (exact) mass is 215 g/mol. The molecular formula is C12H29NSi. The first-order valence-corrected chi connectivity index (χ1v) is 8.73. The summed E-state index contributed by atoms with van der Waals surface area (Å²) in [5.41, 5.74) is 0. The lowest BCUT2D eigenvalue weighted by Gasteiger charge is -2.31. The lowest BCUT2D eigenvalue weighted by atomic mass is 10.2. The molecule has 0 saturated carbocycles. The fourth-order valence-corrected chi connectivity index (χ4v) is 4.20. The van der Waals surface area contributed by atoms with Crippen LogP contribution < -0.4 is 0 Å². The Balaban J connectivity index is 3.92. The molecule has 0 saturated heterocycles. The van der Waals surface area contributed by atoms with Crippen LogP contribution in [-0.2, 0) is 0 Å². The van der Waals surface area contributed by atoms with Gasteiger partial charge in [0.05, 0.1) is 0 Å². The molecule has 0 rings (SSSR count). The molecule has 0 aromatic carbocycles. The molecule has 0 unspecified atom stereocenters. The molecule has 0 amide bonds. The van der Waals surface area contributed by atoms with Crippen molar-refractivity contribution < 1.29 is 0 Å². The number of hydrogen-bond donors (Lipinski definition) is 0. The molecular weight excluding hydrogens is 186 g/mol. The molecule has 0 aromatic rings. The van der Waals surface area contributed by atoms with E-state index in [2.05, 4.69) is 46.4 Å². The standard InChI is InChI=1S/C12H29NSi/c1-7-14(8-2)10-9-13(11(3)4)12(5)6/h11-12,14H,7-10H2,1-6H3. The molecule has 0 aromatic heterocycles. The van der Waals surface area contributed by atoms with Crippen LogP contribution in [0.2, 0.25) is 18.1 Å². The third-order valence-corrected chi connectivity index (χ3v) is 6.66. The average Bonchev–Trinajstić information content (AvgIpc) is 2.11. The summed E-state index contributed by atoms with van der Waals surface area (Å²) in [5, 5.41) is 0. The van der Waals surface area contributed by atoms with Crippen LogP contribution in [0.1, 0.15) is 41.5 Å². The average molecular weight is 215 g/mol. The van der Waals surface area contributed by atoms with Gasteiger partial charge in [-0.2, -0.15) is 0 Å². The lowest BCUT2D eigenvalue weighted by molar-refractivity contribution is 0.185. The number of hydrogen-bond acceptors (Lipinski definition) is 1. The van der Waals surface area contributed by atoms with Crippen molar-refractivity contribution in [3.8, 4) is 0 Å². The summed E-state index contributed by atoms with van der Waals surface area (Å²) in [5.74, 6) is 0. The molecule has 0 N–H and O–H groups in total. The van der Waals surface area contributed by atoms with Gasteiger partial charge in [-0.3, -0.25) is 4.90 Å². The molecule has 0 aliphatic rings. The molecule has 2 heteroatoms. The van der Waals surface area contributed by atoms with E-state index in [1.165, 1.54) is 24.7 Å². The summed E-state index contributed by atoms with van der Waals surface area (Å²) >= 11 is 0. The molecule has 0 aliphatic carbocycles. The summed E-state index contributed by atoms with van der Waals surface area (Å²) in [6.45, 7) is 15.3. The maximum absolute atomic E-state index is 2.63. The van der Waals surface area contributed by atoms with Gasteiger partial charge in [-0.1, -0.05) is 25.9 Å². The van der Waals surface area contributed by atoms with Gasteiger partial charge in [0.1, 0.15) is 0 Å². The van der Waals surface area contributed by atoms with E-state index in [9.17, 15) is 0 Å². The van der Waals surface area contributed by atoms with Gasteiger partial charge < -0.3 is 0 Å². The van der Waals surface area contributed by atoms with E-state index < -0.39 is 0 Å². The Labute approximate surface area is 92.5 Å². The van der Waals surface area contributed by atoms with E-state index in [1.807, 2.05) is 0 Å². The smallest absolute Gasteiger partial charge is 0.0375 e. The van der Waals surface area contributed by atoms with Crippen LogP contribution in [0.3, 0.4) is 0 Å². The van der Waals surface area contributed by atoms with Gasteiger partial charge >= 0.3 is 0 Å². The summed E-state index contributed by atoms with van der Waals surface area (Å²) in [4.78, 5) is 2.63. The molecule has 0 spiro atoms. The Hall–Kier alpha value is 0.177. The normalized spacial score (nSPS) is 12.4. The Bertz CT molecular complexity index is 122. The molecule has 0 heterocycles. The predicted octanol–water partition coefficient (Wildman–Crippen LogP) is 3.37. The third-order valence-electron chi connectivity index (χ3n) is 3.28. The second-order valence-electron chi connectivity index (χ2n) is 4.90. The minimum atomic E-state index is -0.372. The minimum Gasteiger partial charge on any atom is -0.299 e. The van der Waals surface area contributed by atoms with Crippen LogP contribution in [-0.4, -0.2) is 32.3 Å². The molecule has 14 heavy (non-hydrogen) atoms. The first-order valence-electron chi connectivity index (χ1n) is 6.28. The van der Waals surface area contributed by atoms with E-state index in [4.69, 9.17) is 0 Å². The first kappa shape index (κ1) is 14.2. The van der Waals surface area contributed by atoms with Crippen molar-refractivity contribution in [3.63, 3.8) is 0 Å². The molecule has 0 bridgehead atoms. The van der Waals surface area contributed by atoms with Gasteiger partial charge in [0.2, 0.25) is 0 Å². The Morgan fingerprint density at radius 1 is 0.929 bits per heavy atom. The zero-order valence-electron chi connectivity index (χ0n) is 11.0. The fourth-order valence-electron chi connectivity index (χ4n) is 2.14. The van der Waals surface area contributed by atoms with E-state index >= 15 is 0 Å². The topological polar surface area (TPSA) is 3.24 Å². The van der Waals surface area contributed by atoms with Crippen molar-refractivity contribution in [2.45, 2.75) is 71.8 Å². The maximum atomic E-state index is 2.63. The third kappa shape index (κ3) is 5.16. The van der Waals surface area contributed by atoms with Gasteiger partial charge in [-0.05, 0) is 40.3 Å². The van der Waals surface area contributed by atoms with Crippen LogP contribution in [0.5, 0.6) is 0 Å². The molecule has 0 radical (unpaired) electrons. The van der Waals surface area contributed by atoms with Gasteiger partial charge in [-0.25, -0.2) is 0 Å². The second-order valence-corrected chi connectivity index (χ2v) is 8.84. The first-order chi connectivity index (χ1) is 6.52. The SMILES string of the molecule is CC[SiH](CC)CCN(C(C)C)C(C)C. The molecule has 0 fully saturated rings. The Kier molecular flexibility index (Phi) is 7.56. The van der Waals surface area contributed by atoms with E-state index in [-0.39, 0.29) is 8.80 Å². The lowest BCUT2D eigenvalue weighted by Crippen LogP contribution is -2.38. The van der Waals surface area contributed by atoms with Crippen LogP contribution >= 0.6 is 0 Å². The van der Waals surface area contributed by atoms with Crippen LogP contribution in [0.4, 0.5) is 0 Å². The van der Waals surface area contributed by atoms with Gasteiger partial charge in [-0.15, -0.1) is 0 Å². The zero-order valence-corrected chi connectivity index (χ0v) is 12.2. The molecule has 86 valence electrons. The summed E-state index contributed by atoms with van der Waals surface area (Å²) < 4.78 is 0. The summed E-state index contributed by atoms with van der Waals surface area (Å²) in [6, 6.07) is 5.86. The van der Waals surface area contributed by atoms with Crippen molar-refractivity contribution >= 4 is 8.80 Å². The number of nitrogens with zero attached hydrogens (tertiary/aromatic N) is 1. The van der Waals surface area contributed by atoms with Crippen molar-refractivity contribution in [2.24, 2.45) is 0 Å².